The summed E-state index contributed by atoms with van der Waals surface area (Å²) in [7, 11) is 1.40. The molecule has 0 saturated carbocycles. The topological polar surface area (TPSA) is 50.4 Å². The zero-order chi connectivity index (χ0) is 17.3. The van der Waals surface area contributed by atoms with Crippen molar-refractivity contribution in [3.8, 4) is 0 Å². The average molecular weight is 340 g/mol. The molecule has 1 aliphatic rings. The van der Waals surface area contributed by atoms with Crippen LogP contribution >= 0.6 is 12.2 Å². The summed E-state index contributed by atoms with van der Waals surface area (Å²) in [4.78, 5) is 12.4. The molecule has 0 aliphatic carbocycles. The highest BCUT2D eigenvalue weighted by Gasteiger charge is 2.33. The Balaban J connectivity index is 2.15. The van der Waals surface area contributed by atoms with Gasteiger partial charge in [0, 0.05) is 5.70 Å². The second-order valence-electron chi connectivity index (χ2n) is 6.11. The summed E-state index contributed by atoms with van der Waals surface area (Å²) in [6.07, 6.45) is 0. The fraction of sp³-hybridized carbons (Fsp3) is 0.263. The molecule has 3 rings (SSSR count). The summed E-state index contributed by atoms with van der Waals surface area (Å²) in [6, 6.07) is 14.0. The maximum absolute atomic E-state index is 12.4. The SMILES string of the molecule is COC(=O)C1=C(C(C)C)NC(=S)N[C@@H]1c1ccc2ccccc2c1. The molecule has 1 atom stereocenters. The third-order valence-corrected chi connectivity index (χ3v) is 4.41. The number of hydrogen-bond donors (Lipinski definition) is 2. The van der Waals surface area contributed by atoms with Crippen LogP contribution in [0.3, 0.4) is 0 Å². The maximum atomic E-state index is 12.4. The third-order valence-electron chi connectivity index (χ3n) is 4.19. The first kappa shape index (κ1) is 16.5. The van der Waals surface area contributed by atoms with Crippen LogP contribution < -0.4 is 10.6 Å². The van der Waals surface area contributed by atoms with Gasteiger partial charge in [-0.05, 0) is 40.5 Å². The zero-order valence-corrected chi connectivity index (χ0v) is 14.7. The van der Waals surface area contributed by atoms with Crippen molar-refractivity contribution in [2.75, 3.05) is 7.11 Å². The molecule has 2 N–H and O–H groups in total. The van der Waals surface area contributed by atoms with Gasteiger partial charge in [0.15, 0.2) is 5.11 Å². The normalized spacial score (nSPS) is 17.7. The number of allylic oxidation sites excluding steroid dienone is 1. The Hall–Kier alpha value is -2.40. The van der Waals surface area contributed by atoms with E-state index in [1.54, 1.807) is 0 Å². The fourth-order valence-corrected chi connectivity index (χ4v) is 3.24. The minimum atomic E-state index is -0.348. The van der Waals surface area contributed by atoms with E-state index in [4.69, 9.17) is 17.0 Å². The monoisotopic (exact) mass is 340 g/mol. The van der Waals surface area contributed by atoms with Crippen LogP contribution in [-0.2, 0) is 9.53 Å². The number of ether oxygens (including phenoxy) is 1. The molecule has 0 amide bonds. The Morgan fingerprint density at radius 3 is 2.54 bits per heavy atom. The van der Waals surface area contributed by atoms with E-state index < -0.39 is 0 Å². The Morgan fingerprint density at radius 2 is 1.88 bits per heavy atom. The van der Waals surface area contributed by atoms with Gasteiger partial charge >= 0.3 is 5.97 Å². The summed E-state index contributed by atoms with van der Waals surface area (Å²) >= 11 is 5.34. The molecule has 2 aromatic carbocycles. The first-order chi connectivity index (χ1) is 11.5. The standard InChI is InChI=1S/C19H20N2O2S/c1-11(2)16-15(18(22)23-3)17(21-19(24)20-16)14-9-8-12-6-4-5-7-13(12)10-14/h4-11,17H,1-3H3,(H2,20,21,24)/t17-/m1/s1. The Bertz CT molecular complexity index is 842. The van der Waals surface area contributed by atoms with Crippen molar-refractivity contribution in [3.05, 3.63) is 59.3 Å². The molecule has 124 valence electrons. The number of nitrogens with one attached hydrogen (secondary N) is 2. The number of benzene rings is 2. The van der Waals surface area contributed by atoms with Gasteiger partial charge in [-0.25, -0.2) is 4.79 Å². The molecular formula is C19H20N2O2S. The van der Waals surface area contributed by atoms with E-state index in [1.165, 1.54) is 7.11 Å². The van der Waals surface area contributed by atoms with Gasteiger partial charge in [0.05, 0.1) is 18.7 Å². The summed E-state index contributed by atoms with van der Waals surface area (Å²) in [5, 5.41) is 9.12. The number of methoxy groups -OCH3 is 1. The van der Waals surface area contributed by atoms with Crippen LogP contribution in [0.1, 0.15) is 25.5 Å². The van der Waals surface area contributed by atoms with Crippen molar-refractivity contribution in [2.45, 2.75) is 19.9 Å². The van der Waals surface area contributed by atoms with Crippen LogP contribution in [0.4, 0.5) is 0 Å². The summed E-state index contributed by atoms with van der Waals surface area (Å²) in [5.74, 6) is -0.221. The van der Waals surface area contributed by atoms with Gasteiger partial charge in [-0.1, -0.05) is 50.2 Å². The number of esters is 1. The molecule has 0 radical (unpaired) electrons. The molecule has 0 spiro atoms. The van der Waals surface area contributed by atoms with Crippen LogP contribution in [-0.4, -0.2) is 18.2 Å². The largest absolute Gasteiger partial charge is 0.466 e. The molecule has 1 heterocycles. The van der Waals surface area contributed by atoms with Gasteiger partial charge in [0.25, 0.3) is 0 Å². The van der Waals surface area contributed by atoms with Crippen molar-refractivity contribution in [2.24, 2.45) is 5.92 Å². The van der Waals surface area contributed by atoms with Crippen LogP contribution in [0.15, 0.2) is 53.7 Å². The van der Waals surface area contributed by atoms with Gasteiger partial charge < -0.3 is 15.4 Å². The van der Waals surface area contributed by atoms with Crippen LogP contribution in [0.25, 0.3) is 10.8 Å². The summed E-state index contributed by atoms with van der Waals surface area (Å²) < 4.78 is 5.02. The molecule has 2 aromatic rings. The first-order valence-electron chi connectivity index (χ1n) is 7.90. The number of carbonyl (C=O) groups excluding carboxylic acids is 1. The lowest BCUT2D eigenvalue weighted by molar-refractivity contribution is -0.136. The van der Waals surface area contributed by atoms with E-state index in [0.29, 0.717) is 10.7 Å². The number of fused-ring (bicyclic) bond motifs is 1. The molecule has 0 aromatic heterocycles. The van der Waals surface area contributed by atoms with Crippen molar-refractivity contribution in [3.63, 3.8) is 0 Å². The molecule has 0 fully saturated rings. The second-order valence-corrected chi connectivity index (χ2v) is 6.52. The lowest BCUT2D eigenvalue weighted by Gasteiger charge is -2.32. The smallest absolute Gasteiger partial charge is 0.337 e. The van der Waals surface area contributed by atoms with Crippen LogP contribution in [0, 0.1) is 5.92 Å². The number of rotatable bonds is 3. The van der Waals surface area contributed by atoms with Gasteiger partial charge in [0.1, 0.15) is 0 Å². The van der Waals surface area contributed by atoms with Crippen LogP contribution in [0.5, 0.6) is 0 Å². The predicted octanol–water partition coefficient (Wildman–Crippen LogP) is 3.44. The Morgan fingerprint density at radius 1 is 1.17 bits per heavy atom. The molecule has 1 aliphatic heterocycles. The van der Waals surface area contributed by atoms with Gasteiger partial charge in [-0.3, -0.25) is 0 Å². The predicted molar refractivity (Wildman–Crippen MR) is 99.4 cm³/mol. The molecule has 4 nitrogen and oxygen atoms in total. The molecule has 5 heteroatoms. The van der Waals surface area contributed by atoms with Gasteiger partial charge in [-0.15, -0.1) is 0 Å². The summed E-state index contributed by atoms with van der Waals surface area (Å²) in [5.41, 5.74) is 2.37. The van der Waals surface area contributed by atoms with E-state index in [2.05, 4.69) is 34.9 Å². The fourth-order valence-electron chi connectivity index (χ4n) is 3.01. The van der Waals surface area contributed by atoms with E-state index in [-0.39, 0.29) is 17.9 Å². The Labute approximate surface area is 146 Å². The van der Waals surface area contributed by atoms with Crippen molar-refractivity contribution in [1.29, 1.82) is 0 Å². The highest BCUT2D eigenvalue weighted by molar-refractivity contribution is 7.80. The molecule has 24 heavy (non-hydrogen) atoms. The minimum Gasteiger partial charge on any atom is -0.466 e. The average Bonchev–Trinajstić information content (AvgIpc) is 2.59. The highest BCUT2D eigenvalue weighted by Crippen LogP contribution is 2.31. The van der Waals surface area contributed by atoms with Gasteiger partial charge in [-0.2, -0.15) is 0 Å². The lowest BCUT2D eigenvalue weighted by atomic mass is 9.90. The molecule has 0 bridgehead atoms. The number of hydrogen-bond acceptors (Lipinski definition) is 3. The van der Waals surface area contributed by atoms with Crippen molar-refractivity contribution in [1.82, 2.24) is 10.6 Å². The Kier molecular flexibility index (Phi) is 4.53. The summed E-state index contributed by atoms with van der Waals surface area (Å²) in [6.45, 7) is 4.05. The lowest BCUT2D eigenvalue weighted by Crippen LogP contribution is -2.46. The van der Waals surface area contributed by atoms with E-state index in [9.17, 15) is 4.79 Å². The minimum absolute atomic E-state index is 0.127. The van der Waals surface area contributed by atoms with E-state index >= 15 is 0 Å². The molecule has 0 saturated heterocycles. The second kappa shape index (κ2) is 6.61. The number of thiocarbonyl (C=S) groups is 1. The van der Waals surface area contributed by atoms with Crippen LogP contribution in [0.2, 0.25) is 0 Å². The zero-order valence-electron chi connectivity index (χ0n) is 13.9. The van der Waals surface area contributed by atoms with E-state index in [0.717, 1.165) is 22.0 Å². The third kappa shape index (κ3) is 2.99. The van der Waals surface area contributed by atoms with Crippen molar-refractivity contribution < 1.29 is 9.53 Å². The maximum Gasteiger partial charge on any atom is 0.337 e. The first-order valence-corrected chi connectivity index (χ1v) is 8.30. The highest BCUT2D eigenvalue weighted by atomic mass is 32.1. The number of carbonyl (C=O) groups is 1. The van der Waals surface area contributed by atoms with Gasteiger partial charge in [0.2, 0.25) is 0 Å². The molecular weight excluding hydrogens is 320 g/mol. The van der Waals surface area contributed by atoms with E-state index in [1.807, 2.05) is 32.0 Å². The quantitative estimate of drug-likeness (QED) is 0.662. The van der Waals surface area contributed by atoms with Crippen molar-refractivity contribution >= 4 is 34.1 Å². The molecule has 0 unspecified atom stereocenters.